The standard InChI is InChI=1S/C15H24N8/c1(2-13-14-15(19-9-17-13)20-10-18-14)12-7-21-23(8-12)6-5-22-4-3-16-11-22/h12,14,16,18,21H,3-11H2,(H,19,20). The summed E-state index contributed by atoms with van der Waals surface area (Å²) >= 11 is 0. The molecule has 0 aliphatic carbocycles. The van der Waals surface area contributed by atoms with Crippen LogP contribution in [0.1, 0.15) is 0 Å². The van der Waals surface area contributed by atoms with Crippen molar-refractivity contribution in [1.82, 2.24) is 31.3 Å². The Morgan fingerprint density at radius 3 is 3.13 bits per heavy atom. The fourth-order valence-corrected chi connectivity index (χ4v) is 3.29. The van der Waals surface area contributed by atoms with E-state index in [9.17, 15) is 0 Å². The summed E-state index contributed by atoms with van der Waals surface area (Å²) in [6.45, 7) is 8.58. The van der Waals surface area contributed by atoms with Crippen molar-refractivity contribution in [2.45, 2.75) is 6.04 Å². The first-order valence-corrected chi connectivity index (χ1v) is 8.37. The number of hydrazine groups is 1. The Morgan fingerprint density at radius 1 is 1.22 bits per heavy atom. The summed E-state index contributed by atoms with van der Waals surface area (Å²) < 4.78 is 0. The highest BCUT2D eigenvalue weighted by Crippen LogP contribution is 2.07. The van der Waals surface area contributed by atoms with Crippen molar-refractivity contribution in [2.75, 3.05) is 59.3 Å². The lowest BCUT2D eigenvalue weighted by Gasteiger charge is -2.20. The number of hydrogen-bond acceptors (Lipinski definition) is 8. The molecule has 0 spiro atoms. The average Bonchev–Trinajstić information content (AvgIpc) is 3.31. The molecule has 4 aliphatic rings. The first kappa shape index (κ1) is 15.1. The molecule has 0 aromatic carbocycles. The fraction of sp³-hybridized carbons (Fsp3) is 0.733. The second kappa shape index (κ2) is 6.95. The SMILES string of the molecule is C(#CC1CNN(CCN2CCNC2)C1)C1=NCNC2=NCNC12. The van der Waals surface area contributed by atoms with Crippen molar-refractivity contribution in [1.29, 1.82) is 0 Å². The molecular weight excluding hydrogens is 292 g/mol. The Kier molecular flexibility index (Phi) is 4.55. The Hall–Kier alpha value is -1.50. The van der Waals surface area contributed by atoms with Crippen molar-refractivity contribution in [2.24, 2.45) is 15.9 Å². The van der Waals surface area contributed by atoms with E-state index in [4.69, 9.17) is 0 Å². The Balaban J connectivity index is 1.27. The smallest absolute Gasteiger partial charge is 0.124 e. The van der Waals surface area contributed by atoms with Crippen LogP contribution >= 0.6 is 0 Å². The van der Waals surface area contributed by atoms with Gasteiger partial charge in [-0.3, -0.25) is 25.6 Å². The number of aliphatic imine (C=N–C) groups is 2. The molecule has 2 atom stereocenters. The van der Waals surface area contributed by atoms with Crippen molar-refractivity contribution >= 4 is 11.5 Å². The molecule has 0 radical (unpaired) electrons. The number of nitrogens with one attached hydrogen (secondary N) is 4. The lowest BCUT2D eigenvalue weighted by molar-refractivity contribution is 0.207. The van der Waals surface area contributed by atoms with E-state index in [0.29, 0.717) is 19.3 Å². The topological polar surface area (TPSA) is 79.3 Å². The molecule has 23 heavy (non-hydrogen) atoms. The molecule has 2 unspecified atom stereocenters. The van der Waals surface area contributed by atoms with Gasteiger partial charge in [-0.1, -0.05) is 5.92 Å². The molecule has 4 heterocycles. The molecule has 0 aromatic heterocycles. The van der Waals surface area contributed by atoms with Gasteiger partial charge in [-0.05, 0) is 5.92 Å². The van der Waals surface area contributed by atoms with Gasteiger partial charge in [0.05, 0.1) is 6.67 Å². The molecule has 8 nitrogen and oxygen atoms in total. The molecule has 0 aromatic rings. The summed E-state index contributed by atoms with van der Waals surface area (Å²) in [7, 11) is 0. The first-order chi connectivity index (χ1) is 11.4. The molecular formula is C15H24N8. The minimum absolute atomic E-state index is 0.0735. The Bertz CT molecular complexity index is 554. The molecule has 0 amide bonds. The van der Waals surface area contributed by atoms with E-state index >= 15 is 0 Å². The van der Waals surface area contributed by atoms with Crippen LogP contribution in [0.4, 0.5) is 0 Å². The number of nitrogens with zero attached hydrogens (tertiary/aromatic N) is 4. The quantitative estimate of drug-likeness (QED) is 0.436. The van der Waals surface area contributed by atoms with Gasteiger partial charge in [-0.25, -0.2) is 5.01 Å². The molecule has 8 heteroatoms. The van der Waals surface area contributed by atoms with Gasteiger partial charge in [-0.2, -0.15) is 0 Å². The second-order valence-corrected chi connectivity index (χ2v) is 6.27. The first-order valence-electron chi connectivity index (χ1n) is 8.37. The zero-order valence-electron chi connectivity index (χ0n) is 13.3. The van der Waals surface area contributed by atoms with Crippen LogP contribution in [0.3, 0.4) is 0 Å². The van der Waals surface area contributed by atoms with Crippen LogP contribution in [0.25, 0.3) is 0 Å². The van der Waals surface area contributed by atoms with Gasteiger partial charge >= 0.3 is 0 Å². The summed E-state index contributed by atoms with van der Waals surface area (Å²) in [6, 6.07) is 0.0735. The molecule has 0 saturated carbocycles. The van der Waals surface area contributed by atoms with E-state index < -0.39 is 0 Å². The summed E-state index contributed by atoms with van der Waals surface area (Å²) in [5.74, 6) is 8.02. The third-order valence-corrected chi connectivity index (χ3v) is 4.63. The van der Waals surface area contributed by atoms with Crippen LogP contribution in [0.15, 0.2) is 9.98 Å². The monoisotopic (exact) mass is 316 g/mol. The number of hydrogen-bond donors (Lipinski definition) is 4. The van der Waals surface area contributed by atoms with E-state index in [2.05, 4.69) is 53.1 Å². The van der Waals surface area contributed by atoms with Crippen molar-refractivity contribution < 1.29 is 0 Å². The maximum atomic E-state index is 4.48. The zero-order valence-corrected chi connectivity index (χ0v) is 13.3. The summed E-state index contributed by atoms with van der Waals surface area (Å²) in [5.41, 5.74) is 4.38. The van der Waals surface area contributed by atoms with Crippen molar-refractivity contribution in [3.05, 3.63) is 0 Å². The predicted molar refractivity (Wildman–Crippen MR) is 89.9 cm³/mol. The minimum atomic E-state index is 0.0735. The highest BCUT2D eigenvalue weighted by Gasteiger charge is 2.28. The van der Waals surface area contributed by atoms with Gasteiger partial charge in [-0.15, -0.1) is 0 Å². The lowest BCUT2D eigenvalue weighted by Crippen LogP contribution is -2.48. The zero-order chi connectivity index (χ0) is 15.5. The van der Waals surface area contributed by atoms with Crippen LogP contribution in [0, 0.1) is 17.8 Å². The Labute approximate surface area is 136 Å². The molecule has 4 N–H and O–H groups in total. The van der Waals surface area contributed by atoms with E-state index in [0.717, 1.165) is 57.5 Å². The third kappa shape index (κ3) is 3.54. The molecule has 124 valence electrons. The van der Waals surface area contributed by atoms with E-state index in [-0.39, 0.29) is 6.04 Å². The summed E-state index contributed by atoms with van der Waals surface area (Å²) in [4.78, 5) is 11.3. The Morgan fingerprint density at radius 2 is 2.22 bits per heavy atom. The van der Waals surface area contributed by atoms with Crippen LogP contribution < -0.4 is 21.4 Å². The molecule has 2 saturated heterocycles. The van der Waals surface area contributed by atoms with Crippen LogP contribution in [0.5, 0.6) is 0 Å². The lowest BCUT2D eigenvalue weighted by atomic mass is 10.1. The van der Waals surface area contributed by atoms with E-state index in [1.165, 1.54) is 0 Å². The summed E-state index contributed by atoms with van der Waals surface area (Å²) in [6.07, 6.45) is 0. The van der Waals surface area contributed by atoms with Crippen LogP contribution in [0.2, 0.25) is 0 Å². The van der Waals surface area contributed by atoms with Crippen LogP contribution in [-0.4, -0.2) is 86.8 Å². The molecule has 2 fully saturated rings. The third-order valence-electron chi connectivity index (χ3n) is 4.63. The largest absolute Gasteiger partial charge is 0.353 e. The molecule has 4 aliphatic heterocycles. The highest BCUT2D eigenvalue weighted by molar-refractivity contribution is 6.19. The summed E-state index contributed by atoms with van der Waals surface area (Å²) in [5, 5.41) is 12.2. The number of fused-ring (bicyclic) bond motifs is 1. The van der Waals surface area contributed by atoms with E-state index in [1.807, 2.05) is 0 Å². The van der Waals surface area contributed by atoms with Gasteiger partial charge < -0.3 is 10.6 Å². The van der Waals surface area contributed by atoms with Crippen LogP contribution in [-0.2, 0) is 0 Å². The van der Waals surface area contributed by atoms with Gasteiger partial charge in [0.1, 0.15) is 24.3 Å². The molecule has 0 bridgehead atoms. The maximum Gasteiger partial charge on any atom is 0.124 e. The average molecular weight is 316 g/mol. The predicted octanol–water partition coefficient (Wildman–Crippen LogP) is -2.38. The fourth-order valence-electron chi connectivity index (χ4n) is 3.29. The van der Waals surface area contributed by atoms with Gasteiger partial charge in [0.15, 0.2) is 0 Å². The number of amidine groups is 1. The highest BCUT2D eigenvalue weighted by atomic mass is 15.5. The minimum Gasteiger partial charge on any atom is -0.353 e. The van der Waals surface area contributed by atoms with E-state index in [1.54, 1.807) is 0 Å². The van der Waals surface area contributed by atoms with Gasteiger partial charge in [0, 0.05) is 51.9 Å². The van der Waals surface area contributed by atoms with Crippen molar-refractivity contribution in [3.8, 4) is 11.8 Å². The maximum absolute atomic E-state index is 4.48. The normalized spacial score (nSPS) is 31.1. The number of rotatable bonds is 3. The van der Waals surface area contributed by atoms with Crippen molar-refractivity contribution in [3.63, 3.8) is 0 Å². The van der Waals surface area contributed by atoms with Gasteiger partial charge in [0.25, 0.3) is 0 Å². The second-order valence-electron chi connectivity index (χ2n) is 6.27. The molecule has 4 rings (SSSR count). The van der Waals surface area contributed by atoms with Gasteiger partial charge in [0.2, 0.25) is 0 Å².